The normalized spacial score (nSPS) is 23.1. The molecule has 5 nitrogen and oxygen atoms in total. The monoisotopic (exact) mass is 293 g/mol. The topological polar surface area (TPSA) is 55.8 Å². The molecule has 6 heteroatoms. The van der Waals surface area contributed by atoms with Gasteiger partial charge in [0.2, 0.25) is 5.91 Å². The molecule has 0 bridgehead atoms. The Bertz CT molecular complexity index is 483. The predicted octanol–water partition coefficient (Wildman–Crippen LogP) is 0.703. The molecule has 3 rings (SSSR count). The molecule has 1 aromatic carbocycles. The molecule has 20 heavy (non-hydrogen) atoms. The Morgan fingerprint density at radius 1 is 1.25 bits per heavy atom. The highest BCUT2D eigenvalue weighted by atomic mass is 32.2. The molecule has 1 unspecified atom stereocenters. The zero-order valence-electron chi connectivity index (χ0n) is 11.3. The lowest BCUT2D eigenvalue weighted by molar-refractivity contribution is -0.132. The van der Waals surface area contributed by atoms with Crippen molar-refractivity contribution in [2.45, 2.75) is 6.04 Å². The molecule has 0 spiro atoms. The summed E-state index contributed by atoms with van der Waals surface area (Å²) in [4.78, 5) is 16.4. The second-order valence-corrected chi connectivity index (χ2v) is 6.10. The van der Waals surface area contributed by atoms with Gasteiger partial charge in [0, 0.05) is 37.8 Å². The third kappa shape index (κ3) is 2.71. The molecule has 0 aliphatic carbocycles. The second-order valence-electron chi connectivity index (χ2n) is 5.07. The summed E-state index contributed by atoms with van der Waals surface area (Å²) in [5, 5.41) is 13.1. The van der Waals surface area contributed by atoms with Crippen LogP contribution in [0.15, 0.2) is 24.3 Å². The molecule has 0 aromatic heterocycles. The number of carbonyl (C=O) groups is 1. The van der Waals surface area contributed by atoms with Gasteiger partial charge in [0.15, 0.2) is 0 Å². The highest BCUT2D eigenvalue weighted by Gasteiger charge is 2.29. The van der Waals surface area contributed by atoms with Crippen molar-refractivity contribution in [3.05, 3.63) is 24.3 Å². The zero-order valence-corrected chi connectivity index (χ0v) is 12.1. The molecule has 0 radical (unpaired) electrons. The number of hydrogen-bond acceptors (Lipinski definition) is 5. The minimum Gasteiger partial charge on any atom is -0.506 e. The van der Waals surface area contributed by atoms with Crippen molar-refractivity contribution in [3.63, 3.8) is 0 Å². The number of rotatable bonds is 2. The molecule has 1 aromatic rings. The van der Waals surface area contributed by atoms with Crippen molar-refractivity contribution in [3.8, 4) is 5.75 Å². The van der Waals surface area contributed by atoms with Crippen molar-refractivity contribution in [1.29, 1.82) is 0 Å². The average Bonchev–Trinajstić information content (AvgIpc) is 3.01. The SMILES string of the molecule is O=C(C1CSCN1)N1CCN(c2ccccc2O)CC1. The van der Waals surface area contributed by atoms with E-state index in [1.807, 2.05) is 23.1 Å². The van der Waals surface area contributed by atoms with Gasteiger partial charge in [-0.25, -0.2) is 0 Å². The minimum atomic E-state index is -0.0170. The highest BCUT2D eigenvalue weighted by Crippen LogP contribution is 2.27. The first-order valence-electron chi connectivity index (χ1n) is 6.88. The summed E-state index contributed by atoms with van der Waals surface area (Å²) in [6.07, 6.45) is 0. The molecule has 2 aliphatic rings. The lowest BCUT2D eigenvalue weighted by Crippen LogP contribution is -2.53. The maximum Gasteiger partial charge on any atom is 0.240 e. The summed E-state index contributed by atoms with van der Waals surface area (Å²) >= 11 is 1.77. The van der Waals surface area contributed by atoms with Crippen LogP contribution in [0.1, 0.15) is 0 Å². The van der Waals surface area contributed by atoms with Gasteiger partial charge < -0.3 is 14.9 Å². The fourth-order valence-corrected chi connectivity index (χ4v) is 3.61. The smallest absolute Gasteiger partial charge is 0.240 e. The molecule has 2 saturated heterocycles. The molecule has 108 valence electrons. The summed E-state index contributed by atoms with van der Waals surface area (Å²) < 4.78 is 0. The standard InChI is InChI=1S/C14H19N3O2S/c18-13-4-2-1-3-12(13)16-5-7-17(8-6-16)14(19)11-9-20-10-15-11/h1-4,11,15,18H,5-10H2. The van der Waals surface area contributed by atoms with E-state index in [-0.39, 0.29) is 11.9 Å². The fourth-order valence-electron chi connectivity index (χ4n) is 2.67. The van der Waals surface area contributed by atoms with Crippen LogP contribution in [0.5, 0.6) is 5.75 Å². The average molecular weight is 293 g/mol. The second kappa shape index (κ2) is 5.93. The van der Waals surface area contributed by atoms with Gasteiger partial charge >= 0.3 is 0 Å². The maximum absolute atomic E-state index is 12.3. The van der Waals surface area contributed by atoms with Crippen LogP contribution in [-0.2, 0) is 4.79 Å². The van der Waals surface area contributed by atoms with E-state index in [9.17, 15) is 9.90 Å². The van der Waals surface area contributed by atoms with Crippen LogP contribution in [0.25, 0.3) is 0 Å². The number of para-hydroxylation sites is 2. The van der Waals surface area contributed by atoms with E-state index in [2.05, 4.69) is 10.2 Å². The van der Waals surface area contributed by atoms with E-state index < -0.39 is 0 Å². The number of piperazine rings is 1. The summed E-state index contributed by atoms with van der Waals surface area (Å²) in [6, 6.07) is 7.35. The Hall–Kier alpha value is -1.40. The molecule has 2 aliphatic heterocycles. The van der Waals surface area contributed by atoms with Gasteiger partial charge in [0.05, 0.1) is 11.7 Å². The molecule has 1 atom stereocenters. The summed E-state index contributed by atoms with van der Waals surface area (Å²) in [6.45, 7) is 2.97. The number of hydrogen-bond donors (Lipinski definition) is 2. The van der Waals surface area contributed by atoms with Crippen molar-refractivity contribution >= 4 is 23.4 Å². The Morgan fingerprint density at radius 3 is 2.65 bits per heavy atom. The third-order valence-corrected chi connectivity index (χ3v) is 4.77. The molecular formula is C14H19N3O2S. The number of amides is 1. The first-order valence-corrected chi connectivity index (χ1v) is 8.04. The highest BCUT2D eigenvalue weighted by molar-refractivity contribution is 7.99. The largest absolute Gasteiger partial charge is 0.506 e. The molecule has 1 amide bonds. The van der Waals surface area contributed by atoms with E-state index in [1.165, 1.54) is 0 Å². The fraction of sp³-hybridized carbons (Fsp3) is 0.500. The van der Waals surface area contributed by atoms with Crippen molar-refractivity contribution in [2.75, 3.05) is 42.7 Å². The Kier molecular flexibility index (Phi) is 4.03. The van der Waals surface area contributed by atoms with Crippen molar-refractivity contribution in [1.82, 2.24) is 10.2 Å². The number of carbonyl (C=O) groups excluding carboxylic acids is 1. The number of thioether (sulfide) groups is 1. The number of benzene rings is 1. The van der Waals surface area contributed by atoms with Crippen molar-refractivity contribution < 1.29 is 9.90 Å². The number of aromatic hydroxyl groups is 1. The van der Waals surface area contributed by atoms with Gasteiger partial charge in [-0.05, 0) is 12.1 Å². The van der Waals surface area contributed by atoms with Gasteiger partial charge in [-0.1, -0.05) is 12.1 Å². The van der Waals surface area contributed by atoms with Gasteiger partial charge in [0.25, 0.3) is 0 Å². The van der Waals surface area contributed by atoms with E-state index in [0.29, 0.717) is 5.75 Å². The van der Waals surface area contributed by atoms with Crippen LogP contribution in [0.4, 0.5) is 5.69 Å². The van der Waals surface area contributed by atoms with Gasteiger partial charge in [-0.3, -0.25) is 10.1 Å². The van der Waals surface area contributed by atoms with Gasteiger partial charge in [-0.2, -0.15) is 0 Å². The molecular weight excluding hydrogens is 274 g/mol. The summed E-state index contributed by atoms with van der Waals surface area (Å²) in [5.74, 6) is 2.26. The Morgan fingerprint density at radius 2 is 2.00 bits per heavy atom. The lowest BCUT2D eigenvalue weighted by atomic mass is 10.2. The third-order valence-electron chi connectivity index (χ3n) is 3.83. The molecule has 0 saturated carbocycles. The summed E-state index contributed by atoms with van der Waals surface area (Å²) in [5.41, 5.74) is 0.856. The molecule has 2 fully saturated rings. The van der Waals surface area contributed by atoms with Crippen LogP contribution in [0.2, 0.25) is 0 Å². The quantitative estimate of drug-likeness (QED) is 0.841. The number of nitrogens with zero attached hydrogens (tertiary/aromatic N) is 2. The van der Waals surface area contributed by atoms with E-state index >= 15 is 0 Å². The van der Waals surface area contributed by atoms with Crippen LogP contribution >= 0.6 is 11.8 Å². The lowest BCUT2D eigenvalue weighted by Gasteiger charge is -2.37. The Balaban J connectivity index is 1.59. The first kappa shape index (κ1) is 13.6. The summed E-state index contributed by atoms with van der Waals surface area (Å²) in [7, 11) is 0. The maximum atomic E-state index is 12.3. The van der Waals surface area contributed by atoms with E-state index in [0.717, 1.165) is 43.5 Å². The van der Waals surface area contributed by atoms with Crippen LogP contribution in [0, 0.1) is 0 Å². The number of anilines is 1. The minimum absolute atomic E-state index is 0.0170. The Labute approximate surface area is 122 Å². The number of phenols is 1. The first-order chi connectivity index (χ1) is 9.75. The molecule has 2 N–H and O–H groups in total. The van der Waals surface area contributed by atoms with Gasteiger partial charge in [-0.15, -0.1) is 11.8 Å². The molecule has 2 heterocycles. The number of phenolic OH excluding ortho intramolecular Hbond substituents is 1. The van der Waals surface area contributed by atoms with Crippen LogP contribution < -0.4 is 10.2 Å². The van der Waals surface area contributed by atoms with Crippen LogP contribution in [0.3, 0.4) is 0 Å². The predicted molar refractivity (Wildman–Crippen MR) is 81.1 cm³/mol. The van der Waals surface area contributed by atoms with Gasteiger partial charge in [0.1, 0.15) is 5.75 Å². The van der Waals surface area contributed by atoms with Crippen molar-refractivity contribution in [2.24, 2.45) is 0 Å². The van der Waals surface area contributed by atoms with Crippen LogP contribution in [-0.4, -0.2) is 59.8 Å². The van der Waals surface area contributed by atoms with E-state index in [4.69, 9.17) is 0 Å². The number of nitrogens with one attached hydrogen (secondary N) is 1. The zero-order chi connectivity index (χ0) is 13.9. The van der Waals surface area contributed by atoms with E-state index in [1.54, 1.807) is 17.8 Å².